The van der Waals surface area contributed by atoms with Crippen molar-refractivity contribution in [3.63, 3.8) is 0 Å². The van der Waals surface area contributed by atoms with Crippen molar-refractivity contribution in [1.82, 2.24) is 10.2 Å². The fraction of sp³-hybridized carbons (Fsp3) is 0.588. The molecule has 3 unspecified atom stereocenters. The van der Waals surface area contributed by atoms with E-state index in [0.717, 1.165) is 19.3 Å². The number of amides is 1. The summed E-state index contributed by atoms with van der Waals surface area (Å²) >= 11 is 0. The van der Waals surface area contributed by atoms with Crippen molar-refractivity contribution in [3.8, 4) is 0 Å². The lowest BCUT2D eigenvalue weighted by molar-refractivity contribution is -0.130. The molecule has 1 heterocycles. The van der Waals surface area contributed by atoms with Gasteiger partial charge in [-0.1, -0.05) is 51.8 Å². The Morgan fingerprint density at radius 3 is 2.67 bits per heavy atom. The van der Waals surface area contributed by atoms with Gasteiger partial charge in [0.05, 0.1) is 6.04 Å². The molecule has 1 fully saturated rings. The van der Waals surface area contributed by atoms with Crippen molar-refractivity contribution in [2.45, 2.75) is 52.2 Å². The van der Waals surface area contributed by atoms with Crippen molar-refractivity contribution in [3.05, 3.63) is 35.6 Å². The maximum absolute atomic E-state index is 14.1. The third-order valence-corrected chi connectivity index (χ3v) is 4.23. The minimum atomic E-state index is -0.343. The van der Waals surface area contributed by atoms with E-state index in [1.165, 1.54) is 6.07 Å². The molecule has 4 heteroatoms. The van der Waals surface area contributed by atoms with Gasteiger partial charge >= 0.3 is 0 Å². The number of nitrogens with zero attached hydrogens (tertiary/aromatic N) is 1. The SMILES string of the molecule is CCCC1NC(c2ccccc2F)N(CC(C)CC)C1=O. The summed E-state index contributed by atoms with van der Waals surface area (Å²) in [7, 11) is 0. The van der Waals surface area contributed by atoms with Crippen LogP contribution in [0.5, 0.6) is 0 Å². The Balaban J connectivity index is 2.27. The highest BCUT2D eigenvalue weighted by molar-refractivity contribution is 5.84. The second-order valence-electron chi connectivity index (χ2n) is 5.94. The lowest BCUT2D eigenvalue weighted by atomic mass is 10.1. The highest BCUT2D eigenvalue weighted by Crippen LogP contribution is 2.29. The summed E-state index contributed by atoms with van der Waals surface area (Å²) in [5.41, 5.74) is 0.563. The number of hydrogen-bond donors (Lipinski definition) is 1. The number of benzene rings is 1. The number of nitrogens with one attached hydrogen (secondary N) is 1. The molecule has 1 aromatic rings. The summed E-state index contributed by atoms with van der Waals surface area (Å²) in [6, 6.07) is 6.52. The molecule has 0 bridgehead atoms. The lowest BCUT2D eigenvalue weighted by Gasteiger charge is -2.27. The third-order valence-electron chi connectivity index (χ3n) is 4.23. The Kier molecular flexibility index (Phi) is 5.34. The molecule has 0 aromatic heterocycles. The number of hydrogen-bond acceptors (Lipinski definition) is 2. The second-order valence-corrected chi connectivity index (χ2v) is 5.94. The first-order valence-corrected chi connectivity index (χ1v) is 7.89. The maximum Gasteiger partial charge on any atom is 0.241 e. The van der Waals surface area contributed by atoms with Gasteiger partial charge in [0.15, 0.2) is 0 Å². The molecule has 1 aliphatic rings. The number of halogens is 1. The van der Waals surface area contributed by atoms with Crippen molar-refractivity contribution in [2.75, 3.05) is 6.54 Å². The predicted octanol–water partition coefficient (Wildman–Crippen LogP) is 3.47. The van der Waals surface area contributed by atoms with E-state index >= 15 is 0 Å². The predicted molar refractivity (Wildman–Crippen MR) is 82.1 cm³/mol. The smallest absolute Gasteiger partial charge is 0.241 e. The second kappa shape index (κ2) is 7.03. The molecule has 3 nitrogen and oxygen atoms in total. The first-order valence-electron chi connectivity index (χ1n) is 7.89. The van der Waals surface area contributed by atoms with Gasteiger partial charge in [-0.25, -0.2) is 4.39 Å². The third kappa shape index (κ3) is 3.43. The molecule has 1 saturated heterocycles. The molecule has 3 atom stereocenters. The zero-order valence-electron chi connectivity index (χ0n) is 13.1. The molecule has 0 aliphatic carbocycles. The number of carbonyl (C=O) groups is 1. The van der Waals surface area contributed by atoms with Crippen LogP contribution in [0.15, 0.2) is 24.3 Å². The summed E-state index contributed by atoms with van der Waals surface area (Å²) in [4.78, 5) is 14.4. The number of carbonyl (C=O) groups excluding carboxylic acids is 1. The van der Waals surface area contributed by atoms with E-state index in [0.29, 0.717) is 18.0 Å². The Hall–Kier alpha value is -1.42. The van der Waals surface area contributed by atoms with Crippen LogP contribution in [0, 0.1) is 11.7 Å². The van der Waals surface area contributed by atoms with Gasteiger partial charge in [0.25, 0.3) is 0 Å². The van der Waals surface area contributed by atoms with Gasteiger partial charge in [-0.3, -0.25) is 10.1 Å². The molecule has 2 rings (SSSR count). The van der Waals surface area contributed by atoms with Gasteiger partial charge < -0.3 is 4.90 Å². The highest BCUT2D eigenvalue weighted by atomic mass is 19.1. The van der Waals surface area contributed by atoms with Gasteiger partial charge in [0.1, 0.15) is 12.0 Å². The Bertz CT molecular complexity index is 491. The van der Waals surface area contributed by atoms with Gasteiger partial charge in [-0.2, -0.15) is 0 Å². The largest absolute Gasteiger partial charge is 0.321 e. The number of rotatable bonds is 6. The van der Waals surface area contributed by atoms with Crippen molar-refractivity contribution in [1.29, 1.82) is 0 Å². The van der Waals surface area contributed by atoms with Crippen molar-refractivity contribution >= 4 is 5.91 Å². The Labute approximate surface area is 126 Å². The van der Waals surface area contributed by atoms with E-state index in [2.05, 4.69) is 26.1 Å². The molecule has 1 aromatic carbocycles. The van der Waals surface area contributed by atoms with Crippen LogP contribution < -0.4 is 5.32 Å². The van der Waals surface area contributed by atoms with Crippen LogP contribution in [0.4, 0.5) is 4.39 Å². The van der Waals surface area contributed by atoms with E-state index < -0.39 is 0 Å². The minimum absolute atomic E-state index is 0.102. The molecule has 1 aliphatic heterocycles. The Morgan fingerprint density at radius 2 is 2.05 bits per heavy atom. The van der Waals surface area contributed by atoms with Crippen LogP contribution in [0.3, 0.4) is 0 Å². The molecule has 1 amide bonds. The van der Waals surface area contributed by atoms with E-state index in [9.17, 15) is 9.18 Å². The zero-order valence-corrected chi connectivity index (χ0v) is 13.1. The summed E-state index contributed by atoms with van der Waals surface area (Å²) in [6.45, 7) is 6.96. The molecule has 116 valence electrons. The fourth-order valence-electron chi connectivity index (χ4n) is 2.79. The molecule has 0 spiro atoms. The van der Waals surface area contributed by atoms with Gasteiger partial charge in [0.2, 0.25) is 5.91 Å². The van der Waals surface area contributed by atoms with E-state index in [1.54, 1.807) is 12.1 Å². The fourth-order valence-corrected chi connectivity index (χ4v) is 2.79. The average molecular weight is 292 g/mol. The average Bonchev–Trinajstić information content (AvgIpc) is 2.77. The van der Waals surface area contributed by atoms with Gasteiger partial charge in [-0.05, 0) is 18.4 Å². The van der Waals surface area contributed by atoms with Crippen LogP contribution in [-0.2, 0) is 4.79 Å². The summed E-state index contributed by atoms with van der Waals surface area (Å²) in [6.07, 6.45) is 2.39. The first kappa shape index (κ1) is 16.0. The summed E-state index contributed by atoms with van der Waals surface area (Å²) in [5.74, 6) is 0.255. The lowest BCUT2D eigenvalue weighted by Crippen LogP contribution is -2.35. The zero-order chi connectivity index (χ0) is 15.4. The van der Waals surface area contributed by atoms with Crippen LogP contribution >= 0.6 is 0 Å². The molecule has 21 heavy (non-hydrogen) atoms. The molecule has 0 saturated carbocycles. The van der Waals surface area contributed by atoms with Crippen LogP contribution in [0.25, 0.3) is 0 Å². The summed E-state index contributed by atoms with van der Waals surface area (Å²) in [5, 5.41) is 3.31. The minimum Gasteiger partial charge on any atom is -0.321 e. The van der Waals surface area contributed by atoms with Gasteiger partial charge in [0, 0.05) is 12.1 Å². The van der Waals surface area contributed by atoms with Crippen LogP contribution in [0.2, 0.25) is 0 Å². The summed E-state index contributed by atoms with van der Waals surface area (Å²) < 4.78 is 14.1. The highest BCUT2D eigenvalue weighted by Gasteiger charge is 2.40. The van der Waals surface area contributed by atoms with E-state index in [4.69, 9.17) is 0 Å². The topological polar surface area (TPSA) is 32.3 Å². The molecular formula is C17H25FN2O. The molecule has 1 N–H and O–H groups in total. The molecule has 0 radical (unpaired) electrons. The van der Waals surface area contributed by atoms with Crippen molar-refractivity contribution in [2.24, 2.45) is 5.92 Å². The first-order chi connectivity index (χ1) is 10.1. The molecular weight excluding hydrogens is 267 g/mol. The van der Waals surface area contributed by atoms with Crippen LogP contribution in [0.1, 0.15) is 51.8 Å². The van der Waals surface area contributed by atoms with E-state index in [1.807, 2.05) is 11.0 Å². The van der Waals surface area contributed by atoms with Crippen LogP contribution in [-0.4, -0.2) is 23.4 Å². The van der Waals surface area contributed by atoms with Crippen molar-refractivity contribution < 1.29 is 9.18 Å². The quantitative estimate of drug-likeness (QED) is 0.870. The normalized spacial score (nSPS) is 23.6. The standard InChI is InChI=1S/C17H25FN2O/c1-4-8-15-17(21)20(11-12(3)5-2)16(19-15)13-9-6-7-10-14(13)18/h6-7,9-10,12,15-16,19H,4-5,8,11H2,1-3H3. The van der Waals surface area contributed by atoms with Gasteiger partial charge in [-0.15, -0.1) is 0 Å². The maximum atomic E-state index is 14.1. The Morgan fingerprint density at radius 1 is 1.33 bits per heavy atom. The monoisotopic (exact) mass is 292 g/mol. The van der Waals surface area contributed by atoms with E-state index in [-0.39, 0.29) is 23.9 Å².